The first-order valence-corrected chi connectivity index (χ1v) is 6.69. The first-order chi connectivity index (χ1) is 8.54. The van der Waals surface area contributed by atoms with Gasteiger partial charge in [0.2, 0.25) is 0 Å². The number of aliphatic hydroxyl groups excluding tert-OH is 1. The van der Waals surface area contributed by atoms with Crippen molar-refractivity contribution in [3.05, 3.63) is 29.3 Å². The lowest BCUT2D eigenvalue weighted by Crippen LogP contribution is -2.26. The average Bonchev–Trinajstić information content (AvgIpc) is 2.32. The first-order valence-electron chi connectivity index (χ1n) is 6.69. The topological polar surface area (TPSA) is 41.5 Å². The minimum atomic E-state index is -0.470. The molecule has 0 aliphatic rings. The van der Waals surface area contributed by atoms with Gasteiger partial charge in [0.25, 0.3) is 0 Å². The molecule has 2 atom stereocenters. The van der Waals surface area contributed by atoms with E-state index in [-0.39, 0.29) is 6.10 Å². The Morgan fingerprint density at radius 2 is 2.06 bits per heavy atom. The van der Waals surface area contributed by atoms with Crippen LogP contribution in [0.25, 0.3) is 0 Å². The van der Waals surface area contributed by atoms with Gasteiger partial charge in [-0.3, -0.25) is 0 Å². The summed E-state index contributed by atoms with van der Waals surface area (Å²) in [4.78, 5) is 0. The number of aliphatic hydroxyl groups is 1. The predicted molar refractivity (Wildman–Crippen MR) is 74.9 cm³/mol. The zero-order valence-electron chi connectivity index (χ0n) is 11.9. The van der Waals surface area contributed by atoms with Crippen molar-refractivity contribution in [1.82, 2.24) is 5.32 Å². The van der Waals surface area contributed by atoms with Crippen molar-refractivity contribution in [2.24, 2.45) is 0 Å². The molecule has 0 fully saturated rings. The van der Waals surface area contributed by atoms with E-state index in [0.29, 0.717) is 0 Å². The molecule has 0 bridgehead atoms. The monoisotopic (exact) mass is 251 g/mol. The summed E-state index contributed by atoms with van der Waals surface area (Å²) in [5, 5.41) is 12.9. The Morgan fingerprint density at radius 3 is 2.67 bits per heavy atom. The maximum atomic E-state index is 9.50. The van der Waals surface area contributed by atoms with Crippen LogP contribution in [0.1, 0.15) is 38.3 Å². The van der Waals surface area contributed by atoms with Gasteiger partial charge in [0.1, 0.15) is 11.9 Å². The number of ether oxygens (including phenoxy) is 1. The second-order valence-corrected chi connectivity index (χ2v) is 4.85. The molecule has 0 radical (unpaired) electrons. The van der Waals surface area contributed by atoms with Gasteiger partial charge in [0, 0.05) is 12.1 Å². The molecular weight excluding hydrogens is 226 g/mol. The lowest BCUT2D eigenvalue weighted by molar-refractivity contribution is 0.0597. The predicted octanol–water partition coefficient (Wildman–Crippen LogP) is 2.64. The fraction of sp³-hybridized carbons (Fsp3) is 0.600. The second-order valence-electron chi connectivity index (χ2n) is 4.85. The van der Waals surface area contributed by atoms with Crippen molar-refractivity contribution in [3.8, 4) is 5.75 Å². The molecule has 1 aromatic rings. The third kappa shape index (κ3) is 4.67. The third-order valence-corrected chi connectivity index (χ3v) is 2.95. The minimum absolute atomic E-state index is 0.197. The Morgan fingerprint density at radius 1 is 1.33 bits per heavy atom. The van der Waals surface area contributed by atoms with Crippen LogP contribution in [0, 0.1) is 6.92 Å². The van der Waals surface area contributed by atoms with Gasteiger partial charge in [0.15, 0.2) is 0 Å². The number of rotatable bonds is 7. The van der Waals surface area contributed by atoms with E-state index in [0.717, 1.165) is 30.8 Å². The quantitative estimate of drug-likeness (QED) is 0.732. The Kier molecular flexibility index (Phi) is 6.16. The summed E-state index contributed by atoms with van der Waals surface area (Å²) >= 11 is 0. The molecule has 0 aliphatic carbocycles. The molecule has 0 heterocycles. The van der Waals surface area contributed by atoms with Crippen LogP contribution in [0.4, 0.5) is 0 Å². The third-order valence-electron chi connectivity index (χ3n) is 2.95. The van der Waals surface area contributed by atoms with E-state index in [1.807, 2.05) is 19.1 Å². The van der Waals surface area contributed by atoms with Crippen LogP contribution in [-0.2, 0) is 6.54 Å². The van der Waals surface area contributed by atoms with E-state index in [2.05, 4.69) is 25.2 Å². The lowest BCUT2D eigenvalue weighted by Gasteiger charge is -2.20. The summed E-state index contributed by atoms with van der Waals surface area (Å²) in [5.74, 6) is 0.859. The van der Waals surface area contributed by atoms with E-state index < -0.39 is 6.10 Å². The smallest absolute Gasteiger partial charge is 0.124 e. The van der Waals surface area contributed by atoms with Crippen molar-refractivity contribution < 1.29 is 9.84 Å². The Bertz CT molecular complexity index is 364. The largest absolute Gasteiger partial charge is 0.488 e. The summed E-state index contributed by atoms with van der Waals surface area (Å²) in [6, 6.07) is 6.15. The molecule has 0 saturated carbocycles. The van der Waals surface area contributed by atoms with Crippen LogP contribution < -0.4 is 10.1 Å². The second kappa shape index (κ2) is 7.39. The fourth-order valence-corrected chi connectivity index (χ4v) is 1.66. The molecule has 1 rings (SSSR count). The van der Waals surface area contributed by atoms with Gasteiger partial charge < -0.3 is 15.2 Å². The molecule has 0 aliphatic heterocycles. The van der Waals surface area contributed by atoms with E-state index in [1.165, 1.54) is 5.56 Å². The Hall–Kier alpha value is -1.06. The van der Waals surface area contributed by atoms with Crippen LogP contribution in [0.3, 0.4) is 0 Å². The molecule has 0 aromatic heterocycles. The first kappa shape index (κ1) is 15.0. The van der Waals surface area contributed by atoms with Crippen LogP contribution in [0.15, 0.2) is 18.2 Å². The van der Waals surface area contributed by atoms with Crippen LogP contribution >= 0.6 is 0 Å². The summed E-state index contributed by atoms with van der Waals surface area (Å²) in [7, 11) is 0. The summed E-state index contributed by atoms with van der Waals surface area (Å²) in [6.07, 6.45) is 0.451. The summed E-state index contributed by atoms with van der Waals surface area (Å²) in [5.41, 5.74) is 2.37. The van der Waals surface area contributed by atoms with Gasteiger partial charge in [-0.2, -0.15) is 0 Å². The van der Waals surface area contributed by atoms with Crippen molar-refractivity contribution in [1.29, 1.82) is 0 Å². The summed E-state index contributed by atoms with van der Waals surface area (Å²) in [6.45, 7) is 9.65. The molecule has 18 heavy (non-hydrogen) atoms. The maximum absolute atomic E-state index is 9.50. The summed E-state index contributed by atoms with van der Waals surface area (Å²) < 4.78 is 5.80. The maximum Gasteiger partial charge on any atom is 0.124 e. The molecular formula is C15H25NO2. The van der Waals surface area contributed by atoms with E-state index in [4.69, 9.17) is 4.74 Å². The van der Waals surface area contributed by atoms with Crippen LogP contribution in [0.2, 0.25) is 0 Å². The van der Waals surface area contributed by atoms with Crippen molar-refractivity contribution >= 4 is 0 Å². The molecule has 1 aromatic carbocycles. The van der Waals surface area contributed by atoms with E-state index >= 15 is 0 Å². The SMILES string of the molecule is CCCNCc1cc(C)ccc1OC(C)C(C)O. The lowest BCUT2D eigenvalue weighted by atomic mass is 10.1. The highest BCUT2D eigenvalue weighted by Gasteiger charge is 2.12. The van der Waals surface area contributed by atoms with Crippen molar-refractivity contribution in [2.75, 3.05) is 6.54 Å². The fourth-order valence-electron chi connectivity index (χ4n) is 1.66. The number of hydrogen-bond donors (Lipinski definition) is 2. The number of nitrogens with one attached hydrogen (secondary N) is 1. The van der Waals surface area contributed by atoms with Gasteiger partial charge in [-0.15, -0.1) is 0 Å². The molecule has 2 unspecified atom stereocenters. The normalized spacial score (nSPS) is 14.3. The van der Waals surface area contributed by atoms with Gasteiger partial charge >= 0.3 is 0 Å². The zero-order chi connectivity index (χ0) is 13.5. The van der Waals surface area contributed by atoms with E-state index in [9.17, 15) is 5.11 Å². The average molecular weight is 251 g/mol. The molecule has 2 N–H and O–H groups in total. The standard InChI is InChI=1S/C15H25NO2/c1-5-8-16-10-14-9-11(2)6-7-15(14)18-13(4)12(3)17/h6-7,9,12-13,16-17H,5,8,10H2,1-4H3. The van der Waals surface area contributed by atoms with Crippen molar-refractivity contribution in [2.45, 2.75) is 52.9 Å². The molecule has 0 amide bonds. The molecule has 3 heteroatoms. The van der Waals surface area contributed by atoms with Crippen LogP contribution in [-0.4, -0.2) is 23.9 Å². The number of aryl methyl sites for hydroxylation is 1. The Labute approximate surface area is 110 Å². The van der Waals surface area contributed by atoms with Crippen molar-refractivity contribution in [3.63, 3.8) is 0 Å². The molecule has 102 valence electrons. The highest BCUT2D eigenvalue weighted by molar-refractivity contribution is 5.37. The van der Waals surface area contributed by atoms with Crippen LogP contribution in [0.5, 0.6) is 5.75 Å². The number of hydrogen-bond acceptors (Lipinski definition) is 3. The molecule has 0 spiro atoms. The molecule has 0 saturated heterocycles. The highest BCUT2D eigenvalue weighted by atomic mass is 16.5. The van der Waals surface area contributed by atoms with Gasteiger partial charge in [-0.1, -0.05) is 24.6 Å². The molecule has 3 nitrogen and oxygen atoms in total. The Balaban J connectivity index is 2.75. The number of benzene rings is 1. The highest BCUT2D eigenvalue weighted by Crippen LogP contribution is 2.22. The van der Waals surface area contributed by atoms with Gasteiger partial charge in [0.05, 0.1) is 6.10 Å². The zero-order valence-corrected chi connectivity index (χ0v) is 11.9. The van der Waals surface area contributed by atoms with Gasteiger partial charge in [-0.05, 0) is 39.8 Å². The minimum Gasteiger partial charge on any atom is -0.488 e. The van der Waals surface area contributed by atoms with Gasteiger partial charge in [-0.25, -0.2) is 0 Å². The van der Waals surface area contributed by atoms with E-state index in [1.54, 1.807) is 6.92 Å².